The minimum Gasteiger partial charge on any atom is -0.348 e. The molecule has 0 aliphatic carbocycles. The van der Waals surface area contributed by atoms with Crippen molar-refractivity contribution in [1.29, 1.82) is 0 Å². The van der Waals surface area contributed by atoms with E-state index in [9.17, 15) is 4.79 Å². The monoisotopic (exact) mass is 290 g/mol. The standard InChI is InChI=1S/C14H18N4OS/c1-11(2)20-9-14(19)15-8-13-17-16-10-18(13)12-6-4-3-5-7-12/h3-7,10-11H,8-9H2,1-2H3,(H,15,19). The molecule has 0 radical (unpaired) electrons. The number of benzene rings is 1. The first-order chi connectivity index (χ1) is 9.66. The van der Waals surface area contributed by atoms with Gasteiger partial charge in [0.05, 0.1) is 12.3 Å². The van der Waals surface area contributed by atoms with E-state index < -0.39 is 0 Å². The van der Waals surface area contributed by atoms with Crippen molar-refractivity contribution >= 4 is 17.7 Å². The predicted molar refractivity (Wildman–Crippen MR) is 80.8 cm³/mol. The third kappa shape index (κ3) is 4.09. The summed E-state index contributed by atoms with van der Waals surface area (Å²) in [6.45, 7) is 4.53. The van der Waals surface area contributed by atoms with Crippen molar-refractivity contribution in [1.82, 2.24) is 20.1 Å². The molecule has 0 saturated carbocycles. The molecule has 2 rings (SSSR count). The summed E-state index contributed by atoms with van der Waals surface area (Å²) in [5.74, 6) is 1.21. The molecule has 106 valence electrons. The van der Waals surface area contributed by atoms with E-state index in [4.69, 9.17) is 0 Å². The maximum Gasteiger partial charge on any atom is 0.230 e. The van der Waals surface area contributed by atoms with Gasteiger partial charge < -0.3 is 5.32 Å². The molecule has 0 bridgehead atoms. The number of para-hydroxylation sites is 1. The van der Waals surface area contributed by atoms with E-state index in [0.717, 1.165) is 11.5 Å². The van der Waals surface area contributed by atoms with Gasteiger partial charge >= 0.3 is 0 Å². The molecule has 0 fully saturated rings. The number of thioether (sulfide) groups is 1. The fraction of sp³-hybridized carbons (Fsp3) is 0.357. The highest BCUT2D eigenvalue weighted by Gasteiger charge is 2.08. The van der Waals surface area contributed by atoms with Crippen LogP contribution in [-0.2, 0) is 11.3 Å². The fourth-order valence-corrected chi connectivity index (χ4v) is 2.24. The lowest BCUT2D eigenvalue weighted by molar-refractivity contribution is -0.118. The van der Waals surface area contributed by atoms with Crippen LogP contribution in [0, 0.1) is 0 Å². The zero-order valence-corrected chi connectivity index (χ0v) is 12.4. The van der Waals surface area contributed by atoms with E-state index >= 15 is 0 Å². The second-order valence-corrected chi connectivity index (χ2v) is 6.15. The lowest BCUT2D eigenvalue weighted by Crippen LogP contribution is -2.26. The SMILES string of the molecule is CC(C)SCC(=O)NCc1nncn1-c1ccccc1. The summed E-state index contributed by atoms with van der Waals surface area (Å²) >= 11 is 1.62. The van der Waals surface area contributed by atoms with Gasteiger partial charge in [0.1, 0.15) is 6.33 Å². The van der Waals surface area contributed by atoms with Gasteiger partial charge in [-0.15, -0.1) is 22.0 Å². The van der Waals surface area contributed by atoms with Crippen molar-refractivity contribution in [2.75, 3.05) is 5.75 Å². The van der Waals surface area contributed by atoms with Crippen LogP contribution in [0.4, 0.5) is 0 Å². The van der Waals surface area contributed by atoms with Crippen molar-refractivity contribution in [2.45, 2.75) is 25.6 Å². The largest absolute Gasteiger partial charge is 0.348 e. The summed E-state index contributed by atoms with van der Waals surface area (Å²) in [5, 5.41) is 11.3. The molecule has 1 heterocycles. The Morgan fingerprint density at radius 1 is 1.35 bits per heavy atom. The number of carbonyl (C=O) groups is 1. The highest BCUT2D eigenvalue weighted by molar-refractivity contribution is 8.00. The Hall–Kier alpha value is -1.82. The molecule has 0 saturated heterocycles. The first-order valence-corrected chi connectivity index (χ1v) is 7.54. The van der Waals surface area contributed by atoms with Gasteiger partial charge in [0.15, 0.2) is 5.82 Å². The van der Waals surface area contributed by atoms with Gasteiger partial charge in [-0.1, -0.05) is 32.0 Å². The number of nitrogens with one attached hydrogen (secondary N) is 1. The Morgan fingerprint density at radius 3 is 2.80 bits per heavy atom. The average Bonchev–Trinajstić information content (AvgIpc) is 2.92. The third-order valence-electron chi connectivity index (χ3n) is 2.64. The molecule has 0 aliphatic heterocycles. The van der Waals surface area contributed by atoms with Gasteiger partial charge in [-0.05, 0) is 17.4 Å². The van der Waals surface area contributed by atoms with Crippen molar-refractivity contribution in [3.63, 3.8) is 0 Å². The Morgan fingerprint density at radius 2 is 2.10 bits per heavy atom. The van der Waals surface area contributed by atoms with Crippen LogP contribution in [0.3, 0.4) is 0 Å². The molecule has 1 N–H and O–H groups in total. The molecule has 1 aromatic heterocycles. The summed E-state index contributed by atoms with van der Waals surface area (Å²) < 4.78 is 1.87. The van der Waals surface area contributed by atoms with E-state index in [1.165, 1.54) is 0 Å². The second-order valence-electron chi connectivity index (χ2n) is 4.59. The van der Waals surface area contributed by atoms with Crippen LogP contribution in [0.5, 0.6) is 0 Å². The normalized spacial score (nSPS) is 10.8. The Kier molecular flexibility index (Phi) is 5.17. The van der Waals surface area contributed by atoms with Gasteiger partial charge in [-0.2, -0.15) is 0 Å². The number of amides is 1. The van der Waals surface area contributed by atoms with Crippen LogP contribution in [0.15, 0.2) is 36.7 Å². The number of rotatable bonds is 6. The van der Waals surface area contributed by atoms with Crippen LogP contribution in [0.25, 0.3) is 5.69 Å². The van der Waals surface area contributed by atoms with Crippen molar-refractivity contribution in [2.24, 2.45) is 0 Å². The molecule has 1 amide bonds. The number of aromatic nitrogens is 3. The maximum absolute atomic E-state index is 11.7. The van der Waals surface area contributed by atoms with Crippen LogP contribution in [-0.4, -0.2) is 31.7 Å². The molecule has 0 spiro atoms. The molecule has 6 heteroatoms. The minimum atomic E-state index is 0.0197. The number of nitrogens with zero attached hydrogens (tertiary/aromatic N) is 3. The van der Waals surface area contributed by atoms with E-state index in [1.807, 2.05) is 34.9 Å². The van der Waals surface area contributed by atoms with Crippen LogP contribution >= 0.6 is 11.8 Å². The van der Waals surface area contributed by atoms with Crippen LogP contribution < -0.4 is 5.32 Å². The molecule has 20 heavy (non-hydrogen) atoms. The summed E-state index contributed by atoms with van der Waals surface area (Å²) in [5.41, 5.74) is 0.985. The Bertz CT molecular complexity index is 553. The quantitative estimate of drug-likeness (QED) is 0.884. The fourth-order valence-electron chi connectivity index (χ4n) is 1.65. The van der Waals surface area contributed by atoms with Crippen LogP contribution in [0.1, 0.15) is 19.7 Å². The van der Waals surface area contributed by atoms with Gasteiger partial charge in [-0.25, -0.2) is 0 Å². The Labute approximate surface area is 122 Å². The number of hydrogen-bond donors (Lipinski definition) is 1. The zero-order chi connectivity index (χ0) is 14.4. The van der Waals surface area contributed by atoms with Gasteiger partial charge in [0, 0.05) is 5.69 Å². The van der Waals surface area contributed by atoms with Crippen molar-refractivity contribution in [3.05, 3.63) is 42.5 Å². The summed E-state index contributed by atoms with van der Waals surface area (Å²) in [6, 6.07) is 9.82. The topological polar surface area (TPSA) is 59.8 Å². The van der Waals surface area contributed by atoms with Gasteiger partial charge in [-0.3, -0.25) is 9.36 Å². The van der Waals surface area contributed by atoms with Crippen molar-refractivity contribution in [3.8, 4) is 5.69 Å². The summed E-state index contributed by atoms with van der Waals surface area (Å²) in [4.78, 5) is 11.7. The Balaban J connectivity index is 1.95. The molecule has 0 unspecified atom stereocenters. The molecule has 1 aromatic carbocycles. The zero-order valence-electron chi connectivity index (χ0n) is 11.6. The van der Waals surface area contributed by atoms with Crippen LogP contribution in [0.2, 0.25) is 0 Å². The van der Waals surface area contributed by atoms with E-state index in [-0.39, 0.29) is 5.91 Å². The summed E-state index contributed by atoms with van der Waals surface area (Å²) in [6.07, 6.45) is 1.65. The first-order valence-electron chi connectivity index (χ1n) is 6.49. The van der Waals surface area contributed by atoms with Gasteiger partial charge in [0.2, 0.25) is 5.91 Å². The summed E-state index contributed by atoms with van der Waals surface area (Å²) in [7, 11) is 0. The highest BCUT2D eigenvalue weighted by Crippen LogP contribution is 2.10. The van der Waals surface area contributed by atoms with Gasteiger partial charge in [0.25, 0.3) is 0 Å². The van der Waals surface area contributed by atoms with Crippen molar-refractivity contribution < 1.29 is 4.79 Å². The molecular formula is C14H18N4OS. The smallest absolute Gasteiger partial charge is 0.230 e. The lowest BCUT2D eigenvalue weighted by atomic mass is 10.3. The van der Waals surface area contributed by atoms with E-state index in [0.29, 0.717) is 17.5 Å². The predicted octanol–water partition coefficient (Wildman–Crippen LogP) is 2.03. The molecule has 0 atom stereocenters. The van der Waals surface area contributed by atoms with E-state index in [1.54, 1.807) is 18.1 Å². The number of carbonyl (C=O) groups excluding carboxylic acids is 1. The van der Waals surface area contributed by atoms with E-state index in [2.05, 4.69) is 29.4 Å². The maximum atomic E-state index is 11.7. The highest BCUT2D eigenvalue weighted by atomic mass is 32.2. The molecule has 0 aliphatic rings. The second kappa shape index (κ2) is 7.09. The number of hydrogen-bond acceptors (Lipinski definition) is 4. The molecular weight excluding hydrogens is 272 g/mol. The third-order valence-corrected chi connectivity index (χ3v) is 3.74. The molecule has 5 nitrogen and oxygen atoms in total. The molecule has 2 aromatic rings. The average molecular weight is 290 g/mol. The lowest BCUT2D eigenvalue weighted by Gasteiger charge is -2.08. The minimum absolute atomic E-state index is 0.0197. The first kappa shape index (κ1) is 14.6.